The first-order valence-electron chi connectivity index (χ1n) is 7.69. The minimum absolute atomic E-state index is 0.333. The second kappa shape index (κ2) is 7.09. The fraction of sp³-hybridized carbons (Fsp3) is 0.647. The molecule has 0 aliphatic carbocycles. The Kier molecular flexibility index (Phi) is 5.44. The monoisotopic (exact) mass is 276 g/mol. The quantitative estimate of drug-likeness (QED) is 0.837. The van der Waals surface area contributed by atoms with Crippen LogP contribution in [0.1, 0.15) is 27.2 Å². The van der Waals surface area contributed by atoms with Crippen molar-refractivity contribution < 1.29 is 4.74 Å². The first-order valence-corrected chi connectivity index (χ1v) is 7.69. The van der Waals surface area contributed by atoms with E-state index in [1.54, 1.807) is 0 Å². The fourth-order valence-electron chi connectivity index (χ4n) is 2.59. The van der Waals surface area contributed by atoms with Gasteiger partial charge >= 0.3 is 0 Å². The molecule has 3 heteroatoms. The highest BCUT2D eigenvalue weighted by molar-refractivity contribution is 5.20. The van der Waals surface area contributed by atoms with Gasteiger partial charge in [-0.25, -0.2) is 0 Å². The smallest absolute Gasteiger partial charge is 0.119 e. The molecular weight excluding hydrogens is 248 g/mol. The molecule has 0 spiro atoms. The van der Waals surface area contributed by atoms with Crippen molar-refractivity contribution in [2.45, 2.75) is 33.2 Å². The Labute approximate surface area is 123 Å². The molecule has 0 amide bonds. The molecule has 1 aromatic rings. The summed E-state index contributed by atoms with van der Waals surface area (Å²) in [5.74, 6) is 0.973. The highest BCUT2D eigenvalue weighted by Gasteiger charge is 2.28. The maximum atomic E-state index is 5.75. The van der Waals surface area contributed by atoms with Crippen molar-refractivity contribution in [2.75, 3.05) is 32.8 Å². The number of rotatable bonds is 5. The molecule has 112 valence electrons. The largest absolute Gasteiger partial charge is 0.494 e. The molecule has 1 saturated heterocycles. The molecular formula is C17H28N2O. The van der Waals surface area contributed by atoms with Crippen LogP contribution in [0, 0.1) is 5.41 Å². The van der Waals surface area contributed by atoms with Crippen LogP contribution in [-0.2, 0) is 0 Å². The lowest BCUT2D eigenvalue weighted by molar-refractivity contribution is 0.128. The molecule has 1 aliphatic heterocycles. The van der Waals surface area contributed by atoms with E-state index in [0.29, 0.717) is 11.5 Å². The Morgan fingerprint density at radius 3 is 2.70 bits per heavy atom. The van der Waals surface area contributed by atoms with Crippen molar-refractivity contribution in [3.8, 4) is 5.75 Å². The van der Waals surface area contributed by atoms with E-state index in [9.17, 15) is 0 Å². The molecule has 2 rings (SSSR count). The highest BCUT2D eigenvalue weighted by Crippen LogP contribution is 2.21. The van der Waals surface area contributed by atoms with Gasteiger partial charge in [0, 0.05) is 32.2 Å². The van der Waals surface area contributed by atoms with E-state index in [1.807, 2.05) is 30.3 Å². The van der Waals surface area contributed by atoms with Crippen LogP contribution in [0.2, 0.25) is 0 Å². The zero-order chi connectivity index (χ0) is 14.4. The Hall–Kier alpha value is -1.06. The van der Waals surface area contributed by atoms with Gasteiger partial charge in [-0.05, 0) is 24.0 Å². The van der Waals surface area contributed by atoms with Gasteiger partial charge < -0.3 is 15.0 Å². The number of piperazine rings is 1. The van der Waals surface area contributed by atoms with Crippen LogP contribution in [0.5, 0.6) is 5.75 Å². The Morgan fingerprint density at radius 2 is 2.00 bits per heavy atom. The van der Waals surface area contributed by atoms with Crippen molar-refractivity contribution in [2.24, 2.45) is 5.41 Å². The first-order chi connectivity index (χ1) is 9.55. The molecule has 1 aliphatic rings. The summed E-state index contributed by atoms with van der Waals surface area (Å²) in [6.07, 6.45) is 1.09. The molecule has 1 fully saturated rings. The molecule has 1 N–H and O–H groups in total. The molecule has 1 aromatic carbocycles. The normalized spacial score (nSPS) is 20.9. The van der Waals surface area contributed by atoms with Gasteiger partial charge in [0.2, 0.25) is 0 Å². The van der Waals surface area contributed by atoms with Crippen LogP contribution in [-0.4, -0.2) is 43.7 Å². The lowest BCUT2D eigenvalue weighted by atomic mass is 9.85. The van der Waals surface area contributed by atoms with E-state index in [2.05, 4.69) is 31.0 Å². The minimum atomic E-state index is 0.333. The summed E-state index contributed by atoms with van der Waals surface area (Å²) in [7, 11) is 0. The molecule has 0 bridgehead atoms. The highest BCUT2D eigenvalue weighted by atomic mass is 16.5. The minimum Gasteiger partial charge on any atom is -0.494 e. The average molecular weight is 276 g/mol. The molecule has 0 aromatic heterocycles. The molecule has 20 heavy (non-hydrogen) atoms. The van der Waals surface area contributed by atoms with Crippen molar-refractivity contribution in [3.05, 3.63) is 30.3 Å². The van der Waals surface area contributed by atoms with Crippen LogP contribution >= 0.6 is 0 Å². The van der Waals surface area contributed by atoms with E-state index in [1.165, 1.54) is 0 Å². The lowest BCUT2D eigenvalue weighted by Gasteiger charge is -2.40. The van der Waals surface area contributed by atoms with Gasteiger partial charge in [-0.15, -0.1) is 0 Å². The molecule has 3 nitrogen and oxygen atoms in total. The zero-order valence-corrected chi connectivity index (χ0v) is 13.1. The van der Waals surface area contributed by atoms with E-state index < -0.39 is 0 Å². The second-order valence-electron chi connectivity index (χ2n) is 6.69. The summed E-state index contributed by atoms with van der Waals surface area (Å²) < 4.78 is 5.75. The summed E-state index contributed by atoms with van der Waals surface area (Å²) in [6, 6.07) is 10.7. The molecule has 0 radical (unpaired) electrons. The number of ether oxygens (including phenoxy) is 1. The summed E-state index contributed by atoms with van der Waals surface area (Å²) in [4.78, 5) is 2.56. The van der Waals surface area contributed by atoms with Crippen LogP contribution in [0.4, 0.5) is 0 Å². The zero-order valence-electron chi connectivity index (χ0n) is 13.1. The summed E-state index contributed by atoms with van der Waals surface area (Å²) in [5.41, 5.74) is 0.333. The van der Waals surface area contributed by atoms with Crippen LogP contribution in [0.15, 0.2) is 30.3 Å². The van der Waals surface area contributed by atoms with Gasteiger partial charge in [0.05, 0.1) is 6.61 Å². The van der Waals surface area contributed by atoms with Gasteiger partial charge in [0.15, 0.2) is 0 Å². The maximum absolute atomic E-state index is 5.75. The van der Waals surface area contributed by atoms with Crippen molar-refractivity contribution in [3.63, 3.8) is 0 Å². The van der Waals surface area contributed by atoms with Gasteiger partial charge in [0.25, 0.3) is 0 Å². The average Bonchev–Trinajstić information content (AvgIpc) is 2.44. The number of hydrogen-bond acceptors (Lipinski definition) is 3. The van der Waals surface area contributed by atoms with Gasteiger partial charge in [0.1, 0.15) is 5.75 Å². The number of nitrogens with one attached hydrogen (secondary N) is 1. The topological polar surface area (TPSA) is 24.5 Å². The van der Waals surface area contributed by atoms with E-state index in [-0.39, 0.29) is 0 Å². The lowest BCUT2D eigenvalue weighted by Crippen LogP contribution is -2.55. The van der Waals surface area contributed by atoms with Gasteiger partial charge in [-0.1, -0.05) is 39.0 Å². The molecule has 1 unspecified atom stereocenters. The van der Waals surface area contributed by atoms with Crippen LogP contribution in [0.3, 0.4) is 0 Å². The van der Waals surface area contributed by atoms with Gasteiger partial charge in [-0.2, -0.15) is 0 Å². The van der Waals surface area contributed by atoms with Crippen molar-refractivity contribution in [1.29, 1.82) is 0 Å². The number of benzene rings is 1. The van der Waals surface area contributed by atoms with Crippen molar-refractivity contribution in [1.82, 2.24) is 10.2 Å². The molecule has 1 heterocycles. The Morgan fingerprint density at radius 1 is 1.25 bits per heavy atom. The first kappa shape index (κ1) is 15.3. The predicted octanol–water partition coefficient (Wildman–Crippen LogP) is 2.78. The Bertz CT molecular complexity index is 386. The fourth-order valence-corrected chi connectivity index (χ4v) is 2.59. The summed E-state index contributed by atoms with van der Waals surface area (Å²) >= 11 is 0. The van der Waals surface area contributed by atoms with Crippen molar-refractivity contribution >= 4 is 0 Å². The summed E-state index contributed by atoms with van der Waals surface area (Å²) in [5, 5.41) is 3.63. The SMILES string of the molecule is CC(C)(C)C1CN(CCCOc2ccccc2)CCN1. The standard InChI is InChI=1S/C17H28N2O/c1-17(2,3)16-14-19(12-10-18-16)11-7-13-20-15-8-5-4-6-9-15/h4-6,8-9,16,18H,7,10-14H2,1-3H3. The third-order valence-corrected chi connectivity index (χ3v) is 3.94. The van der Waals surface area contributed by atoms with Crippen LogP contribution in [0.25, 0.3) is 0 Å². The Balaban J connectivity index is 1.66. The third-order valence-electron chi connectivity index (χ3n) is 3.94. The van der Waals surface area contributed by atoms with E-state index >= 15 is 0 Å². The van der Waals surface area contributed by atoms with E-state index in [4.69, 9.17) is 4.74 Å². The van der Waals surface area contributed by atoms with Gasteiger partial charge in [-0.3, -0.25) is 0 Å². The molecule has 1 atom stereocenters. The van der Waals surface area contributed by atoms with E-state index in [0.717, 1.165) is 45.0 Å². The number of para-hydroxylation sites is 1. The maximum Gasteiger partial charge on any atom is 0.119 e. The predicted molar refractivity (Wildman–Crippen MR) is 84.2 cm³/mol. The second-order valence-corrected chi connectivity index (χ2v) is 6.69. The number of nitrogens with zero attached hydrogens (tertiary/aromatic N) is 1. The third kappa shape index (κ3) is 4.80. The number of hydrogen-bond donors (Lipinski definition) is 1. The summed E-state index contributed by atoms with van der Waals surface area (Å²) in [6.45, 7) is 12.3. The molecule has 0 saturated carbocycles. The van der Waals surface area contributed by atoms with Crippen LogP contribution < -0.4 is 10.1 Å².